The fourth-order valence-electron chi connectivity index (χ4n) is 3.06. The van der Waals surface area contributed by atoms with Crippen molar-refractivity contribution in [3.63, 3.8) is 0 Å². The summed E-state index contributed by atoms with van der Waals surface area (Å²) in [6.07, 6.45) is 3.10. The molecule has 2 amide bonds. The maximum Gasteiger partial charge on any atom is 0.258 e. The van der Waals surface area contributed by atoms with E-state index >= 15 is 0 Å². The van der Waals surface area contributed by atoms with Crippen LogP contribution in [0.2, 0.25) is 0 Å². The van der Waals surface area contributed by atoms with Crippen LogP contribution in [-0.4, -0.2) is 39.2 Å². The molecule has 0 radical (unpaired) electrons. The predicted octanol–water partition coefficient (Wildman–Crippen LogP) is 2.66. The third-order valence-corrected chi connectivity index (χ3v) is 4.81. The van der Waals surface area contributed by atoms with Gasteiger partial charge in [-0.05, 0) is 42.7 Å². The third kappa shape index (κ3) is 6.15. The number of hydrogen-bond donors (Lipinski definition) is 2. The summed E-state index contributed by atoms with van der Waals surface area (Å²) in [7, 11) is 0. The fraction of sp³-hybridized carbons (Fsp3) is 0.304. The lowest BCUT2D eigenvalue weighted by Gasteiger charge is -2.24. The topological polar surface area (TPSA) is 98.1 Å². The highest BCUT2D eigenvalue weighted by atomic mass is 16.5. The number of carbonyl (C=O) groups is 2. The molecule has 0 bridgehead atoms. The molecule has 2 atom stereocenters. The Balaban J connectivity index is 1.56. The molecule has 0 aliphatic heterocycles. The van der Waals surface area contributed by atoms with Crippen LogP contribution in [0, 0.1) is 5.92 Å². The molecular formula is C23H27N5O3. The molecule has 31 heavy (non-hydrogen) atoms. The van der Waals surface area contributed by atoms with E-state index in [4.69, 9.17) is 4.74 Å². The normalized spacial score (nSPS) is 12.8. The average Bonchev–Trinajstić information content (AvgIpc) is 3.31. The van der Waals surface area contributed by atoms with E-state index in [1.807, 2.05) is 63.2 Å². The zero-order valence-corrected chi connectivity index (χ0v) is 17.9. The molecule has 0 fully saturated rings. The van der Waals surface area contributed by atoms with Gasteiger partial charge in [-0.15, -0.1) is 0 Å². The summed E-state index contributed by atoms with van der Waals surface area (Å²) in [6.45, 7) is 5.53. The van der Waals surface area contributed by atoms with Crippen LogP contribution in [0.25, 0.3) is 5.69 Å². The molecule has 2 aromatic carbocycles. The van der Waals surface area contributed by atoms with Gasteiger partial charge in [0.25, 0.3) is 5.91 Å². The van der Waals surface area contributed by atoms with Gasteiger partial charge in [0.2, 0.25) is 5.91 Å². The second kappa shape index (κ2) is 10.4. The molecule has 0 aliphatic carbocycles. The van der Waals surface area contributed by atoms with Gasteiger partial charge >= 0.3 is 0 Å². The lowest BCUT2D eigenvalue weighted by Crippen LogP contribution is -2.51. The van der Waals surface area contributed by atoms with Gasteiger partial charge in [0.15, 0.2) is 6.61 Å². The van der Waals surface area contributed by atoms with Crippen LogP contribution >= 0.6 is 0 Å². The fourth-order valence-corrected chi connectivity index (χ4v) is 3.06. The summed E-state index contributed by atoms with van der Waals surface area (Å²) in [4.78, 5) is 29.1. The Kier molecular flexibility index (Phi) is 7.37. The number of nitrogens with one attached hydrogen (secondary N) is 2. The van der Waals surface area contributed by atoms with Gasteiger partial charge in [0.05, 0.1) is 11.7 Å². The van der Waals surface area contributed by atoms with Crippen molar-refractivity contribution in [2.45, 2.75) is 32.9 Å². The van der Waals surface area contributed by atoms with Crippen molar-refractivity contribution >= 4 is 11.8 Å². The lowest BCUT2D eigenvalue weighted by atomic mass is 10.0. The van der Waals surface area contributed by atoms with E-state index < -0.39 is 6.04 Å². The van der Waals surface area contributed by atoms with Crippen LogP contribution in [0.5, 0.6) is 5.75 Å². The maximum absolute atomic E-state index is 12.8. The first-order valence-corrected chi connectivity index (χ1v) is 10.2. The van der Waals surface area contributed by atoms with Crippen molar-refractivity contribution in [1.82, 2.24) is 25.4 Å². The van der Waals surface area contributed by atoms with Gasteiger partial charge in [-0.25, -0.2) is 9.67 Å². The zero-order chi connectivity index (χ0) is 22.2. The van der Waals surface area contributed by atoms with Crippen LogP contribution < -0.4 is 15.4 Å². The minimum absolute atomic E-state index is 0.0810. The number of para-hydroxylation sites is 1. The van der Waals surface area contributed by atoms with E-state index in [-0.39, 0.29) is 30.4 Å². The van der Waals surface area contributed by atoms with Gasteiger partial charge in [0.1, 0.15) is 24.4 Å². The van der Waals surface area contributed by atoms with Crippen LogP contribution in [0.1, 0.15) is 32.4 Å². The number of nitrogens with zero attached hydrogens (tertiary/aromatic N) is 3. The number of benzene rings is 2. The monoisotopic (exact) mass is 421 g/mol. The molecule has 1 heterocycles. The number of rotatable bonds is 9. The molecule has 2 N–H and O–H groups in total. The van der Waals surface area contributed by atoms with E-state index in [0.717, 1.165) is 11.3 Å². The largest absolute Gasteiger partial charge is 0.484 e. The second-order valence-electron chi connectivity index (χ2n) is 7.55. The van der Waals surface area contributed by atoms with E-state index in [1.165, 1.54) is 6.33 Å². The van der Waals surface area contributed by atoms with E-state index in [1.54, 1.807) is 23.1 Å². The molecule has 8 nitrogen and oxygen atoms in total. The van der Waals surface area contributed by atoms with Gasteiger partial charge in [0, 0.05) is 0 Å². The minimum Gasteiger partial charge on any atom is -0.484 e. The molecule has 0 saturated carbocycles. The van der Waals surface area contributed by atoms with E-state index in [9.17, 15) is 9.59 Å². The molecule has 0 spiro atoms. The molecule has 162 valence electrons. The quantitative estimate of drug-likeness (QED) is 0.554. The van der Waals surface area contributed by atoms with Gasteiger partial charge < -0.3 is 15.4 Å². The van der Waals surface area contributed by atoms with Crippen molar-refractivity contribution in [3.05, 3.63) is 72.8 Å². The summed E-state index contributed by atoms with van der Waals surface area (Å²) in [5.74, 6) is -0.0628. The SMILES string of the molecule is CC(NC(=O)[C@@H](NC(=O)COc1ccccc1)C(C)C)c1ccc(-n2cncn2)cc1. The molecule has 0 aliphatic rings. The van der Waals surface area contributed by atoms with Gasteiger partial charge in [-0.3, -0.25) is 9.59 Å². The van der Waals surface area contributed by atoms with Crippen molar-refractivity contribution in [1.29, 1.82) is 0 Å². The minimum atomic E-state index is -0.663. The number of amides is 2. The standard InChI is InChI=1S/C23H27N5O3/c1-16(2)22(27-21(29)13-31-20-7-5-4-6-8-20)23(30)26-17(3)18-9-11-19(12-10-18)28-15-24-14-25-28/h4-12,14-17,22H,13H2,1-3H3,(H,26,30)(H,27,29)/t17?,22-/m0/s1. The molecule has 3 rings (SSSR count). The molecular weight excluding hydrogens is 394 g/mol. The lowest BCUT2D eigenvalue weighted by molar-refractivity contribution is -0.131. The summed E-state index contributed by atoms with van der Waals surface area (Å²) in [6, 6.07) is 15.9. The highest BCUT2D eigenvalue weighted by Gasteiger charge is 2.25. The van der Waals surface area contributed by atoms with Crippen LogP contribution in [0.15, 0.2) is 67.3 Å². The first kappa shape index (κ1) is 22.0. The maximum atomic E-state index is 12.8. The highest BCUT2D eigenvalue weighted by Crippen LogP contribution is 2.16. The molecule has 1 aromatic heterocycles. The first-order chi connectivity index (χ1) is 14.9. The van der Waals surface area contributed by atoms with Crippen LogP contribution in [-0.2, 0) is 9.59 Å². The summed E-state index contributed by atoms with van der Waals surface area (Å²) in [5, 5.41) is 9.86. The molecule has 1 unspecified atom stereocenters. The highest BCUT2D eigenvalue weighted by molar-refractivity contribution is 5.88. The molecule has 3 aromatic rings. The molecule has 0 saturated heterocycles. The van der Waals surface area contributed by atoms with Gasteiger partial charge in [-0.2, -0.15) is 5.10 Å². The Labute approximate surface area is 181 Å². The predicted molar refractivity (Wildman–Crippen MR) is 117 cm³/mol. The Morgan fingerprint density at radius 1 is 1.00 bits per heavy atom. The smallest absolute Gasteiger partial charge is 0.258 e. The van der Waals surface area contributed by atoms with Crippen molar-refractivity contribution in [3.8, 4) is 11.4 Å². The van der Waals surface area contributed by atoms with Crippen LogP contribution in [0.3, 0.4) is 0 Å². The Bertz CT molecular complexity index is 972. The number of ether oxygens (including phenoxy) is 1. The third-order valence-electron chi connectivity index (χ3n) is 4.81. The number of aromatic nitrogens is 3. The van der Waals surface area contributed by atoms with E-state index in [2.05, 4.69) is 20.7 Å². The van der Waals surface area contributed by atoms with Crippen molar-refractivity contribution in [2.24, 2.45) is 5.92 Å². The van der Waals surface area contributed by atoms with Crippen molar-refractivity contribution < 1.29 is 14.3 Å². The zero-order valence-electron chi connectivity index (χ0n) is 17.9. The number of carbonyl (C=O) groups excluding carboxylic acids is 2. The Morgan fingerprint density at radius 3 is 2.32 bits per heavy atom. The Hall–Kier alpha value is -3.68. The number of hydrogen-bond acceptors (Lipinski definition) is 5. The van der Waals surface area contributed by atoms with Gasteiger partial charge in [-0.1, -0.05) is 44.2 Å². The summed E-state index contributed by atoms with van der Waals surface area (Å²) in [5.41, 5.74) is 1.82. The van der Waals surface area contributed by atoms with E-state index in [0.29, 0.717) is 5.75 Å². The summed E-state index contributed by atoms with van der Waals surface area (Å²) >= 11 is 0. The molecule has 8 heteroatoms. The Morgan fingerprint density at radius 2 is 1.71 bits per heavy atom. The van der Waals surface area contributed by atoms with Crippen LogP contribution in [0.4, 0.5) is 0 Å². The average molecular weight is 422 g/mol. The summed E-state index contributed by atoms with van der Waals surface area (Å²) < 4.78 is 7.13. The second-order valence-corrected chi connectivity index (χ2v) is 7.55. The first-order valence-electron chi connectivity index (χ1n) is 10.2. The van der Waals surface area contributed by atoms with Crippen molar-refractivity contribution in [2.75, 3.05) is 6.61 Å².